The Bertz CT molecular complexity index is 2070. The van der Waals surface area contributed by atoms with Crippen LogP contribution in [0.4, 0.5) is 0 Å². The van der Waals surface area contributed by atoms with Gasteiger partial charge in [-0.1, -0.05) is 64.1 Å². The first-order valence-electron chi connectivity index (χ1n) is 16.2. The van der Waals surface area contributed by atoms with Crippen LogP contribution in [0.2, 0.25) is 0 Å². The molecule has 2 N–H and O–H groups in total. The fourth-order valence-electron chi connectivity index (χ4n) is 6.14. The largest absolute Gasteiger partial charge is 0.508 e. The average Bonchev–Trinajstić information content (AvgIpc) is 3.08. The molecule has 0 radical (unpaired) electrons. The molecule has 0 spiro atoms. The number of rotatable bonds is 12. The van der Waals surface area contributed by atoms with Crippen molar-refractivity contribution in [3.05, 3.63) is 109 Å². The molecular weight excluding hydrogens is 675 g/mol. The van der Waals surface area contributed by atoms with Crippen molar-refractivity contribution in [3.63, 3.8) is 0 Å². The van der Waals surface area contributed by atoms with Gasteiger partial charge in [0.05, 0.1) is 0 Å². The number of benzene rings is 6. The zero-order valence-electron chi connectivity index (χ0n) is 27.5. The average molecular weight is 715 g/mol. The van der Waals surface area contributed by atoms with E-state index in [-0.39, 0.29) is 11.5 Å². The third kappa shape index (κ3) is 6.71. The monoisotopic (exact) mass is 714 g/mol. The Labute approximate surface area is 292 Å². The van der Waals surface area contributed by atoms with E-state index in [1.54, 1.807) is 24.3 Å². The quantitative estimate of drug-likeness (QED) is 0.122. The summed E-state index contributed by atoms with van der Waals surface area (Å²) in [5.74, 6) is 1.80. The van der Waals surface area contributed by atoms with E-state index in [4.69, 9.17) is 32.7 Å². The van der Waals surface area contributed by atoms with Gasteiger partial charge >= 0.3 is 0 Å². The third-order valence-corrected chi connectivity index (χ3v) is 17.2. The van der Waals surface area contributed by atoms with Gasteiger partial charge in [0.25, 0.3) is 0 Å². The number of hydrogen-bond donors (Lipinski definition) is 2. The van der Waals surface area contributed by atoms with Crippen molar-refractivity contribution in [2.75, 3.05) is 26.2 Å². The second-order valence-electron chi connectivity index (χ2n) is 11.6. The van der Waals surface area contributed by atoms with Crippen LogP contribution in [0.5, 0.6) is 23.0 Å². The highest BCUT2D eigenvalue weighted by Gasteiger charge is 2.31. The molecule has 0 aromatic heterocycles. The van der Waals surface area contributed by atoms with Crippen molar-refractivity contribution in [2.24, 2.45) is 0 Å². The first-order chi connectivity index (χ1) is 23.1. The first kappa shape index (κ1) is 34.4. The number of phenols is 2. The van der Waals surface area contributed by atoms with E-state index in [1.165, 1.54) is 0 Å². The van der Waals surface area contributed by atoms with E-state index in [1.807, 2.05) is 60.7 Å². The van der Waals surface area contributed by atoms with Crippen LogP contribution in [0, 0.1) is 0 Å². The lowest BCUT2D eigenvalue weighted by Crippen LogP contribution is -2.28. The van der Waals surface area contributed by atoms with Crippen molar-refractivity contribution < 1.29 is 19.3 Å². The second kappa shape index (κ2) is 14.2. The number of phenolic OH excluding ortho intramolecular Hbond substituents is 2. The third-order valence-electron chi connectivity index (χ3n) is 8.71. The van der Waals surface area contributed by atoms with Crippen LogP contribution in [0.15, 0.2) is 109 Å². The molecule has 10 heteroatoms. The SMILES string of the molecule is CCN(CC)P(=S)(Oc1ccc2ccc(OP(=S)(c3ccc4ccc(O)cc4c3)N(CC)CC)cc2c1)c1ccc2ccc(O)cc2c1. The Morgan fingerprint density at radius 2 is 0.792 bits per heavy atom. The molecule has 2 unspecified atom stereocenters. The van der Waals surface area contributed by atoms with Gasteiger partial charge in [-0.05, 0) is 129 Å². The molecule has 48 heavy (non-hydrogen) atoms. The Morgan fingerprint density at radius 3 is 1.17 bits per heavy atom. The van der Waals surface area contributed by atoms with Crippen molar-refractivity contribution in [3.8, 4) is 23.0 Å². The summed E-state index contributed by atoms with van der Waals surface area (Å²) in [6.07, 6.45) is -5.43. The van der Waals surface area contributed by atoms with Gasteiger partial charge < -0.3 is 19.3 Å². The van der Waals surface area contributed by atoms with Gasteiger partial charge in [0, 0.05) is 36.8 Å². The van der Waals surface area contributed by atoms with Gasteiger partial charge in [-0.25, -0.2) is 9.34 Å². The zero-order valence-corrected chi connectivity index (χ0v) is 31.0. The summed E-state index contributed by atoms with van der Waals surface area (Å²) >= 11 is 12.9. The second-order valence-corrected chi connectivity index (χ2v) is 19.2. The molecule has 0 saturated carbocycles. The maximum absolute atomic E-state index is 10.1. The lowest BCUT2D eigenvalue weighted by molar-refractivity contribution is 0.451. The van der Waals surface area contributed by atoms with Gasteiger partial charge in [-0.3, -0.25) is 0 Å². The van der Waals surface area contributed by atoms with E-state index < -0.39 is 12.8 Å². The molecule has 6 rings (SSSR count). The van der Waals surface area contributed by atoms with Gasteiger partial charge in [0.1, 0.15) is 23.0 Å². The maximum atomic E-state index is 10.1. The lowest BCUT2D eigenvalue weighted by atomic mass is 10.1. The van der Waals surface area contributed by atoms with Gasteiger partial charge in [-0.2, -0.15) is 0 Å². The van der Waals surface area contributed by atoms with E-state index in [0.29, 0.717) is 11.5 Å². The molecule has 0 aliphatic rings. The molecule has 0 bridgehead atoms. The zero-order chi connectivity index (χ0) is 34.1. The van der Waals surface area contributed by atoms with Gasteiger partial charge in [0.2, 0.25) is 12.8 Å². The molecule has 0 saturated heterocycles. The van der Waals surface area contributed by atoms with Crippen LogP contribution in [0.3, 0.4) is 0 Å². The Hall–Kier alpha value is -3.48. The highest BCUT2D eigenvalue weighted by Crippen LogP contribution is 2.52. The van der Waals surface area contributed by atoms with Crippen molar-refractivity contribution in [1.82, 2.24) is 9.34 Å². The predicted molar refractivity (Wildman–Crippen MR) is 210 cm³/mol. The summed E-state index contributed by atoms with van der Waals surface area (Å²) in [6, 6.07) is 35.1. The molecule has 0 aliphatic heterocycles. The Balaban J connectivity index is 1.38. The summed E-state index contributed by atoms with van der Waals surface area (Å²) in [4.78, 5) is 0. The molecule has 6 aromatic carbocycles. The molecule has 0 heterocycles. The van der Waals surface area contributed by atoms with Crippen LogP contribution < -0.4 is 19.7 Å². The van der Waals surface area contributed by atoms with E-state index in [9.17, 15) is 10.2 Å². The van der Waals surface area contributed by atoms with E-state index in [2.05, 4.69) is 61.3 Å². The maximum Gasteiger partial charge on any atom is 0.210 e. The fourth-order valence-corrected chi connectivity index (χ4v) is 13.2. The fraction of sp³-hybridized carbons (Fsp3) is 0.211. The van der Waals surface area contributed by atoms with Crippen molar-refractivity contribution >= 4 is 79.4 Å². The van der Waals surface area contributed by atoms with Gasteiger partial charge in [-0.15, -0.1) is 0 Å². The number of nitrogens with zero attached hydrogens (tertiary/aromatic N) is 2. The minimum absolute atomic E-state index is 0.218. The number of aromatic hydroxyl groups is 2. The molecule has 0 amide bonds. The van der Waals surface area contributed by atoms with Crippen LogP contribution in [0.1, 0.15) is 27.7 Å². The number of hydrogen-bond acceptors (Lipinski definition) is 6. The molecule has 2 atom stereocenters. The summed E-state index contributed by atoms with van der Waals surface area (Å²) in [6.45, 7) is 11.4. The van der Waals surface area contributed by atoms with Crippen LogP contribution in [-0.2, 0) is 23.6 Å². The van der Waals surface area contributed by atoms with E-state index in [0.717, 1.165) is 69.1 Å². The lowest BCUT2D eigenvalue weighted by Gasteiger charge is -2.34. The minimum Gasteiger partial charge on any atom is -0.508 e. The highest BCUT2D eigenvalue weighted by molar-refractivity contribution is 8.15. The normalized spacial score (nSPS) is 14.4. The highest BCUT2D eigenvalue weighted by atomic mass is 32.5. The summed E-state index contributed by atoms with van der Waals surface area (Å²) in [5, 5.41) is 28.1. The molecule has 6 aromatic rings. The van der Waals surface area contributed by atoms with Crippen LogP contribution in [0.25, 0.3) is 32.3 Å². The molecule has 0 fully saturated rings. The molecule has 0 aliphatic carbocycles. The standard InChI is InChI=1S/C38H40N2O4P2S2/c1-5-39(6-2)45(47,37-19-13-27-9-15-33(41)21-30(27)25-37)43-35-17-11-29-12-18-36(24-32(29)23-35)44-46(48,40(7-3)8-4)38-20-14-28-10-16-34(42)22-31(28)26-38/h9-26,41-42H,5-8H2,1-4H3. The Kier molecular flexibility index (Phi) is 10.1. The van der Waals surface area contributed by atoms with E-state index >= 15 is 0 Å². The number of fused-ring (bicyclic) bond motifs is 3. The molecule has 248 valence electrons. The summed E-state index contributed by atoms with van der Waals surface area (Å²) < 4.78 is 18.2. The Morgan fingerprint density at radius 1 is 0.458 bits per heavy atom. The van der Waals surface area contributed by atoms with Crippen molar-refractivity contribution in [2.45, 2.75) is 27.7 Å². The topological polar surface area (TPSA) is 65.4 Å². The smallest absolute Gasteiger partial charge is 0.210 e. The van der Waals surface area contributed by atoms with Crippen LogP contribution in [-0.4, -0.2) is 45.7 Å². The van der Waals surface area contributed by atoms with Gasteiger partial charge in [0.15, 0.2) is 0 Å². The summed E-state index contributed by atoms with van der Waals surface area (Å²) in [7, 11) is 0. The first-order valence-corrected chi connectivity index (χ1v) is 21.6. The summed E-state index contributed by atoms with van der Waals surface area (Å²) in [5.41, 5.74) is 0. The molecule has 6 nitrogen and oxygen atoms in total. The van der Waals surface area contributed by atoms with Crippen molar-refractivity contribution in [1.29, 1.82) is 0 Å². The minimum atomic E-state index is -2.71. The van der Waals surface area contributed by atoms with Crippen LogP contribution >= 0.6 is 12.8 Å². The molecular formula is C38H40N2O4P2S2. The predicted octanol–water partition coefficient (Wildman–Crippen LogP) is 9.27.